The van der Waals surface area contributed by atoms with E-state index in [-0.39, 0.29) is 11.3 Å². The molecular weight excluding hydrogens is 102 g/mol. The Labute approximate surface area is 49.1 Å². The molecule has 0 aliphatic heterocycles. The van der Waals surface area contributed by atoms with Crippen LogP contribution in [0.3, 0.4) is 0 Å². The van der Waals surface area contributed by atoms with E-state index in [0.29, 0.717) is 0 Å². The molecule has 0 bridgehead atoms. The Balaban J connectivity index is 2.53. The number of rotatable bonds is 2. The van der Waals surface area contributed by atoms with E-state index in [1.165, 1.54) is 0 Å². The van der Waals surface area contributed by atoms with Crippen molar-refractivity contribution in [2.24, 2.45) is 11.1 Å². The van der Waals surface area contributed by atoms with Gasteiger partial charge < -0.3 is 5.73 Å². The summed E-state index contributed by atoms with van der Waals surface area (Å²) in [4.78, 5) is 10.5. The van der Waals surface area contributed by atoms with Crippen molar-refractivity contribution < 1.29 is 4.79 Å². The molecule has 1 aliphatic carbocycles. The van der Waals surface area contributed by atoms with Crippen molar-refractivity contribution in [3.05, 3.63) is 0 Å². The lowest BCUT2D eigenvalue weighted by molar-refractivity contribution is -0.123. The summed E-state index contributed by atoms with van der Waals surface area (Å²) in [5.41, 5.74) is 5.03. The highest BCUT2D eigenvalue weighted by atomic mass is 16.1. The zero-order valence-electron chi connectivity index (χ0n) is 5.11. The van der Waals surface area contributed by atoms with Gasteiger partial charge in [-0.3, -0.25) is 4.79 Å². The number of primary amides is 1. The maximum atomic E-state index is 10.5. The van der Waals surface area contributed by atoms with Crippen LogP contribution in [0.1, 0.15) is 26.2 Å². The first-order valence-corrected chi connectivity index (χ1v) is 3.01. The molecule has 1 saturated carbocycles. The van der Waals surface area contributed by atoms with Crippen LogP contribution in [-0.2, 0) is 4.79 Å². The number of hydrogen-bond donors (Lipinski definition) is 1. The second-order valence-corrected chi connectivity index (χ2v) is 2.50. The summed E-state index contributed by atoms with van der Waals surface area (Å²) in [6.07, 6.45) is 2.94. The lowest BCUT2D eigenvalue weighted by Crippen LogP contribution is -2.23. The molecule has 0 aromatic rings. The van der Waals surface area contributed by atoms with E-state index in [9.17, 15) is 4.79 Å². The molecule has 2 N–H and O–H groups in total. The summed E-state index contributed by atoms with van der Waals surface area (Å²) < 4.78 is 0. The highest BCUT2D eigenvalue weighted by molar-refractivity contribution is 5.83. The molecule has 0 heterocycles. The lowest BCUT2D eigenvalue weighted by Gasteiger charge is -2.03. The van der Waals surface area contributed by atoms with Crippen molar-refractivity contribution >= 4 is 5.91 Å². The molecule has 0 aromatic heterocycles. The quantitative estimate of drug-likeness (QED) is 0.561. The molecule has 1 rings (SSSR count). The summed E-state index contributed by atoms with van der Waals surface area (Å²) in [6, 6.07) is 0. The third-order valence-electron chi connectivity index (χ3n) is 2.05. The van der Waals surface area contributed by atoms with Crippen molar-refractivity contribution in [3.8, 4) is 0 Å². The van der Waals surface area contributed by atoms with Crippen LogP contribution in [0.25, 0.3) is 0 Å². The molecule has 8 heavy (non-hydrogen) atoms. The third kappa shape index (κ3) is 0.602. The van der Waals surface area contributed by atoms with E-state index < -0.39 is 0 Å². The van der Waals surface area contributed by atoms with Crippen molar-refractivity contribution in [1.29, 1.82) is 0 Å². The normalized spacial score (nSPS) is 22.6. The first-order valence-electron chi connectivity index (χ1n) is 3.01. The second-order valence-electron chi connectivity index (χ2n) is 2.50. The topological polar surface area (TPSA) is 43.1 Å². The van der Waals surface area contributed by atoms with Crippen LogP contribution in [-0.4, -0.2) is 5.91 Å². The fourth-order valence-electron chi connectivity index (χ4n) is 0.925. The Morgan fingerprint density at radius 1 is 1.75 bits per heavy atom. The monoisotopic (exact) mass is 113 g/mol. The minimum atomic E-state index is -0.111. The lowest BCUT2D eigenvalue weighted by atomic mass is 10.0. The summed E-state index contributed by atoms with van der Waals surface area (Å²) in [7, 11) is 0. The molecule has 0 spiro atoms. The number of hydrogen-bond acceptors (Lipinski definition) is 1. The average Bonchev–Trinajstić information content (AvgIpc) is 2.44. The van der Waals surface area contributed by atoms with Gasteiger partial charge in [0.2, 0.25) is 5.91 Å². The van der Waals surface area contributed by atoms with E-state index in [4.69, 9.17) is 5.73 Å². The second kappa shape index (κ2) is 1.47. The predicted octanol–water partition coefficient (Wildman–Crippen LogP) is 0.662. The number of amides is 1. The van der Waals surface area contributed by atoms with Gasteiger partial charge in [0.05, 0.1) is 0 Å². The largest absolute Gasteiger partial charge is 0.369 e. The van der Waals surface area contributed by atoms with Gasteiger partial charge in [-0.1, -0.05) is 6.92 Å². The van der Waals surface area contributed by atoms with Gasteiger partial charge in [0.25, 0.3) is 0 Å². The minimum Gasteiger partial charge on any atom is -0.369 e. The van der Waals surface area contributed by atoms with Gasteiger partial charge in [0, 0.05) is 5.41 Å². The number of nitrogens with two attached hydrogens (primary N) is 1. The molecule has 46 valence electrons. The zero-order valence-corrected chi connectivity index (χ0v) is 5.11. The molecule has 0 saturated heterocycles. The van der Waals surface area contributed by atoms with Crippen LogP contribution in [0.5, 0.6) is 0 Å². The molecule has 2 nitrogen and oxygen atoms in total. The third-order valence-corrected chi connectivity index (χ3v) is 2.05. The highest BCUT2D eigenvalue weighted by Gasteiger charge is 2.46. The van der Waals surface area contributed by atoms with Crippen LogP contribution in [0.15, 0.2) is 0 Å². The van der Waals surface area contributed by atoms with Crippen LogP contribution >= 0.6 is 0 Å². The van der Waals surface area contributed by atoms with Gasteiger partial charge in [-0.2, -0.15) is 0 Å². The van der Waals surface area contributed by atoms with Crippen molar-refractivity contribution in [2.45, 2.75) is 26.2 Å². The van der Waals surface area contributed by atoms with Crippen LogP contribution in [0.4, 0.5) is 0 Å². The Kier molecular flexibility index (Phi) is 1.03. The first-order chi connectivity index (χ1) is 3.71. The van der Waals surface area contributed by atoms with Gasteiger partial charge in [-0.05, 0) is 19.3 Å². The van der Waals surface area contributed by atoms with Crippen LogP contribution < -0.4 is 5.73 Å². The number of carbonyl (C=O) groups is 1. The standard InChI is InChI=1S/C6H11NO/c1-2-6(3-4-6)5(7)8/h2-4H2,1H3,(H2,7,8). The minimum absolute atomic E-state index is 0.0694. The summed E-state index contributed by atoms with van der Waals surface area (Å²) >= 11 is 0. The average molecular weight is 113 g/mol. The zero-order chi connectivity index (χ0) is 6.20. The first kappa shape index (κ1) is 5.60. The smallest absolute Gasteiger partial charge is 0.223 e. The molecule has 2 heteroatoms. The molecule has 1 aliphatic rings. The SMILES string of the molecule is CCC1(C(N)=O)CC1. The fraction of sp³-hybridized carbons (Fsp3) is 0.833. The van der Waals surface area contributed by atoms with Crippen LogP contribution in [0, 0.1) is 5.41 Å². The summed E-state index contributed by atoms with van der Waals surface area (Å²) in [5.74, 6) is -0.111. The van der Waals surface area contributed by atoms with Crippen molar-refractivity contribution in [1.82, 2.24) is 0 Å². The van der Waals surface area contributed by atoms with Gasteiger partial charge in [0.15, 0.2) is 0 Å². The Hall–Kier alpha value is -0.530. The van der Waals surface area contributed by atoms with E-state index in [0.717, 1.165) is 19.3 Å². The maximum absolute atomic E-state index is 10.5. The Morgan fingerprint density at radius 2 is 2.25 bits per heavy atom. The predicted molar refractivity (Wildman–Crippen MR) is 31.2 cm³/mol. The molecule has 0 unspecified atom stereocenters. The van der Waals surface area contributed by atoms with Gasteiger partial charge in [-0.15, -0.1) is 0 Å². The Morgan fingerprint density at radius 3 is 2.25 bits per heavy atom. The molecule has 1 amide bonds. The molecule has 0 aromatic carbocycles. The van der Waals surface area contributed by atoms with Gasteiger partial charge >= 0.3 is 0 Å². The molecule has 0 atom stereocenters. The van der Waals surface area contributed by atoms with E-state index in [2.05, 4.69) is 0 Å². The van der Waals surface area contributed by atoms with Crippen molar-refractivity contribution in [2.75, 3.05) is 0 Å². The summed E-state index contributed by atoms with van der Waals surface area (Å²) in [6.45, 7) is 2.01. The molecular formula is C6H11NO. The summed E-state index contributed by atoms with van der Waals surface area (Å²) in [5, 5.41) is 0. The van der Waals surface area contributed by atoms with E-state index >= 15 is 0 Å². The van der Waals surface area contributed by atoms with E-state index in [1.807, 2.05) is 6.92 Å². The fourth-order valence-corrected chi connectivity index (χ4v) is 0.925. The Bertz CT molecular complexity index is 116. The molecule has 1 fully saturated rings. The maximum Gasteiger partial charge on any atom is 0.223 e. The van der Waals surface area contributed by atoms with Crippen LogP contribution in [0.2, 0.25) is 0 Å². The van der Waals surface area contributed by atoms with Gasteiger partial charge in [-0.25, -0.2) is 0 Å². The highest BCUT2D eigenvalue weighted by Crippen LogP contribution is 2.47. The van der Waals surface area contributed by atoms with E-state index in [1.54, 1.807) is 0 Å². The van der Waals surface area contributed by atoms with Gasteiger partial charge in [0.1, 0.15) is 0 Å². The number of carbonyl (C=O) groups excluding carboxylic acids is 1. The van der Waals surface area contributed by atoms with Crippen molar-refractivity contribution in [3.63, 3.8) is 0 Å². The molecule has 0 radical (unpaired) electrons.